The third-order valence-corrected chi connectivity index (χ3v) is 4.19. The summed E-state index contributed by atoms with van der Waals surface area (Å²) < 4.78 is 43.0. The molecular formula is C19H18F3NO2. The van der Waals surface area contributed by atoms with Crippen LogP contribution in [0.15, 0.2) is 42.5 Å². The Bertz CT molecular complexity index is 754. The fourth-order valence-corrected chi connectivity index (χ4v) is 2.89. The van der Waals surface area contributed by atoms with Gasteiger partial charge in [-0.05, 0) is 73.2 Å². The third-order valence-electron chi connectivity index (χ3n) is 4.19. The molecule has 1 aliphatic carbocycles. The number of benzene rings is 2. The summed E-state index contributed by atoms with van der Waals surface area (Å²) in [7, 11) is 0. The topological polar surface area (TPSA) is 38.3 Å². The smallest absolute Gasteiger partial charge is 0.416 e. The molecule has 2 aromatic rings. The van der Waals surface area contributed by atoms with Crippen LogP contribution >= 0.6 is 0 Å². The minimum atomic E-state index is -4.39. The standard InChI is InChI=1S/C19H18F3NO2/c20-19(21,22)15-6-8-16(9-7-15)23-18(24)12-25-17-10-5-13-3-1-2-4-14(13)11-17/h5-11H,1-4,12H2,(H,23,24). The van der Waals surface area contributed by atoms with Crippen LogP contribution in [0.5, 0.6) is 5.75 Å². The van der Waals surface area contributed by atoms with E-state index in [1.807, 2.05) is 18.2 Å². The summed E-state index contributed by atoms with van der Waals surface area (Å²) in [5, 5.41) is 2.52. The zero-order valence-corrected chi connectivity index (χ0v) is 13.5. The molecule has 132 valence electrons. The van der Waals surface area contributed by atoms with E-state index >= 15 is 0 Å². The highest BCUT2D eigenvalue weighted by Crippen LogP contribution is 2.30. The summed E-state index contributed by atoms with van der Waals surface area (Å²) in [6, 6.07) is 10.1. The molecule has 1 aliphatic rings. The van der Waals surface area contributed by atoms with Crippen molar-refractivity contribution in [3.8, 4) is 5.75 Å². The van der Waals surface area contributed by atoms with Gasteiger partial charge in [-0.2, -0.15) is 13.2 Å². The number of ether oxygens (including phenoxy) is 1. The fraction of sp³-hybridized carbons (Fsp3) is 0.316. The quantitative estimate of drug-likeness (QED) is 0.876. The first kappa shape index (κ1) is 17.3. The van der Waals surface area contributed by atoms with Gasteiger partial charge >= 0.3 is 6.18 Å². The van der Waals surface area contributed by atoms with Gasteiger partial charge in [0.15, 0.2) is 6.61 Å². The minimum Gasteiger partial charge on any atom is -0.484 e. The average molecular weight is 349 g/mol. The van der Waals surface area contributed by atoms with Crippen LogP contribution in [0.2, 0.25) is 0 Å². The molecule has 0 atom stereocenters. The van der Waals surface area contributed by atoms with Crippen molar-refractivity contribution >= 4 is 11.6 Å². The number of nitrogens with one attached hydrogen (secondary N) is 1. The van der Waals surface area contributed by atoms with Crippen molar-refractivity contribution in [1.82, 2.24) is 0 Å². The number of carbonyl (C=O) groups excluding carboxylic acids is 1. The van der Waals surface area contributed by atoms with E-state index in [0.717, 1.165) is 31.4 Å². The van der Waals surface area contributed by atoms with Gasteiger partial charge in [-0.3, -0.25) is 4.79 Å². The molecule has 1 amide bonds. The predicted octanol–water partition coefficient (Wildman–Crippen LogP) is 4.60. The van der Waals surface area contributed by atoms with Crippen LogP contribution in [0.3, 0.4) is 0 Å². The Hall–Kier alpha value is -2.50. The molecule has 6 heteroatoms. The molecule has 0 spiro atoms. The van der Waals surface area contributed by atoms with Crippen LogP contribution in [-0.2, 0) is 23.8 Å². The molecule has 0 saturated carbocycles. The molecular weight excluding hydrogens is 331 g/mol. The molecule has 0 aromatic heterocycles. The van der Waals surface area contributed by atoms with E-state index in [9.17, 15) is 18.0 Å². The van der Waals surface area contributed by atoms with Gasteiger partial charge in [-0.15, -0.1) is 0 Å². The summed E-state index contributed by atoms with van der Waals surface area (Å²) in [6.45, 7) is -0.195. The Kier molecular flexibility index (Phi) is 4.97. The number of aryl methyl sites for hydroxylation is 2. The zero-order valence-electron chi connectivity index (χ0n) is 13.5. The van der Waals surface area contributed by atoms with Crippen LogP contribution < -0.4 is 10.1 Å². The Morgan fingerprint density at radius 3 is 2.36 bits per heavy atom. The fourth-order valence-electron chi connectivity index (χ4n) is 2.89. The van der Waals surface area contributed by atoms with E-state index < -0.39 is 17.6 Å². The highest BCUT2D eigenvalue weighted by atomic mass is 19.4. The number of alkyl halides is 3. The highest BCUT2D eigenvalue weighted by molar-refractivity contribution is 5.91. The van der Waals surface area contributed by atoms with Crippen molar-refractivity contribution in [3.63, 3.8) is 0 Å². The van der Waals surface area contributed by atoms with E-state index in [0.29, 0.717) is 11.4 Å². The lowest BCUT2D eigenvalue weighted by molar-refractivity contribution is -0.137. The molecule has 25 heavy (non-hydrogen) atoms. The maximum absolute atomic E-state index is 12.5. The molecule has 3 rings (SSSR count). The number of hydrogen-bond donors (Lipinski definition) is 1. The first-order valence-corrected chi connectivity index (χ1v) is 8.13. The molecule has 0 heterocycles. The summed E-state index contributed by atoms with van der Waals surface area (Å²) in [5.74, 6) is 0.209. The molecule has 3 nitrogen and oxygen atoms in total. The van der Waals surface area contributed by atoms with Crippen LogP contribution in [0.1, 0.15) is 29.5 Å². The van der Waals surface area contributed by atoms with Gasteiger partial charge in [0.1, 0.15) is 5.75 Å². The SMILES string of the molecule is O=C(COc1ccc2c(c1)CCCC2)Nc1ccc(C(F)(F)F)cc1. The van der Waals surface area contributed by atoms with Crippen LogP contribution in [-0.4, -0.2) is 12.5 Å². The Labute approximate surface area is 143 Å². The van der Waals surface area contributed by atoms with Crippen molar-refractivity contribution in [2.75, 3.05) is 11.9 Å². The number of rotatable bonds is 4. The Morgan fingerprint density at radius 2 is 1.68 bits per heavy atom. The maximum Gasteiger partial charge on any atom is 0.416 e. The lowest BCUT2D eigenvalue weighted by atomic mass is 9.92. The molecule has 1 N–H and O–H groups in total. The molecule has 0 radical (unpaired) electrons. The highest BCUT2D eigenvalue weighted by Gasteiger charge is 2.29. The average Bonchev–Trinajstić information content (AvgIpc) is 2.59. The van der Waals surface area contributed by atoms with Gasteiger partial charge in [-0.1, -0.05) is 6.07 Å². The van der Waals surface area contributed by atoms with Crippen LogP contribution in [0.25, 0.3) is 0 Å². The number of fused-ring (bicyclic) bond motifs is 1. The van der Waals surface area contributed by atoms with Crippen molar-refractivity contribution in [3.05, 3.63) is 59.2 Å². The summed E-state index contributed by atoms with van der Waals surface area (Å²) in [4.78, 5) is 11.9. The van der Waals surface area contributed by atoms with Gasteiger partial charge in [0.05, 0.1) is 5.56 Å². The van der Waals surface area contributed by atoms with Crippen molar-refractivity contribution in [2.45, 2.75) is 31.9 Å². The second-order valence-electron chi connectivity index (χ2n) is 6.05. The Morgan fingerprint density at radius 1 is 1.00 bits per heavy atom. The van der Waals surface area contributed by atoms with E-state index in [4.69, 9.17) is 4.74 Å². The van der Waals surface area contributed by atoms with Crippen molar-refractivity contribution < 1.29 is 22.7 Å². The lowest BCUT2D eigenvalue weighted by Gasteiger charge is -2.16. The summed E-state index contributed by atoms with van der Waals surface area (Å²) in [5.41, 5.74) is 2.13. The molecule has 0 bridgehead atoms. The lowest BCUT2D eigenvalue weighted by Crippen LogP contribution is -2.20. The Balaban J connectivity index is 1.54. The number of carbonyl (C=O) groups is 1. The maximum atomic E-state index is 12.5. The summed E-state index contributed by atoms with van der Waals surface area (Å²) in [6.07, 6.45) is 0.0556. The van der Waals surface area contributed by atoms with Gasteiger partial charge in [0.2, 0.25) is 0 Å². The molecule has 0 fully saturated rings. The first-order valence-electron chi connectivity index (χ1n) is 8.13. The number of halogens is 3. The molecule has 0 saturated heterocycles. The third kappa shape index (κ3) is 4.53. The van der Waals surface area contributed by atoms with Crippen molar-refractivity contribution in [1.29, 1.82) is 0 Å². The van der Waals surface area contributed by atoms with Crippen molar-refractivity contribution in [2.24, 2.45) is 0 Å². The van der Waals surface area contributed by atoms with Crippen LogP contribution in [0, 0.1) is 0 Å². The normalized spacial score (nSPS) is 13.9. The number of hydrogen-bond acceptors (Lipinski definition) is 2. The molecule has 0 unspecified atom stereocenters. The minimum absolute atomic E-state index is 0.195. The van der Waals surface area contributed by atoms with E-state index in [2.05, 4.69) is 5.32 Å². The monoisotopic (exact) mass is 349 g/mol. The number of amides is 1. The van der Waals surface area contributed by atoms with Gasteiger partial charge < -0.3 is 10.1 Å². The van der Waals surface area contributed by atoms with Gasteiger partial charge in [-0.25, -0.2) is 0 Å². The number of anilines is 1. The molecule has 2 aromatic carbocycles. The second-order valence-corrected chi connectivity index (χ2v) is 6.05. The summed E-state index contributed by atoms with van der Waals surface area (Å²) >= 11 is 0. The van der Waals surface area contributed by atoms with E-state index in [-0.39, 0.29) is 6.61 Å². The second kappa shape index (κ2) is 7.17. The van der Waals surface area contributed by atoms with E-state index in [1.165, 1.54) is 29.7 Å². The van der Waals surface area contributed by atoms with E-state index in [1.54, 1.807) is 0 Å². The predicted molar refractivity (Wildman–Crippen MR) is 88.7 cm³/mol. The molecule has 0 aliphatic heterocycles. The van der Waals surface area contributed by atoms with Gasteiger partial charge in [0.25, 0.3) is 5.91 Å². The van der Waals surface area contributed by atoms with Gasteiger partial charge in [0, 0.05) is 5.69 Å². The van der Waals surface area contributed by atoms with Crippen LogP contribution in [0.4, 0.5) is 18.9 Å². The first-order chi connectivity index (χ1) is 11.9. The largest absolute Gasteiger partial charge is 0.484 e. The zero-order chi connectivity index (χ0) is 17.9.